The van der Waals surface area contributed by atoms with Crippen molar-refractivity contribution >= 4 is 5.91 Å². The van der Waals surface area contributed by atoms with Gasteiger partial charge in [-0.25, -0.2) is 0 Å². The van der Waals surface area contributed by atoms with Crippen LogP contribution in [0, 0.1) is 6.92 Å². The molecule has 3 nitrogen and oxygen atoms in total. The summed E-state index contributed by atoms with van der Waals surface area (Å²) >= 11 is 0. The molecule has 0 bridgehead atoms. The van der Waals surface area contributed by atoms with Crippen molar-refractivity contribution in [3.63, 3.8) is 0 Å². The summed E-state index contributed by atoms with van der Waals surface area (Å²) in [5.41, 5.74) is 8.10. The minimum absolute atomic E-state index is 0.0606. The third-order valence-electron chi connectivity index (χ3n) is 4.63. The molecular weight excluding hydrogens is 248 g/mol. The van der Waals surface area contributed by atoms with E-state index in [9.17, 15) is 4.79 Å². The molecule has 1 aromatic carbocycles. The summed E-state index contributed by atoms with van der Waals surface area (Å²) in [7, 11) is 1.87. The maximum absolute atomic E-state index is 12.7. The van der Waals surface area contributed by atoms with Crippen LogP contribution < -0.4 is 5.73 Å². The normalized spacial score (nSPS) is 19.4. The zero-order chi connectivity index (χ0) is 14.8. The molecule has 1 fully saturated rings. The lowest BCUT2D eigenvalue weighted by molar-refractivity contribution is -0.138. The molecule has 1 amide bonds. The Morgan fingerprint density at radius 3 is 2.30 bits per heavy atom. The zero-order valence-electron chi connectivity index (χ0n) is 12.9. The first kappa shape index (κ1) is 15.0. The molecule has 2 rings (SSSR count). The van der Waals surface area contributed by atoms with Crippen molar-refractivity contribution in [3.8, 4) is 0 Å². The number of rotatable bonds is 3. The molecule has 0 saturated heterocycles. The molecule has 1 aromatic rings. The van der Waals surface area contributed by atoms with Crippen molar-refractivity contribution in [2.24, 2.45) is 5.73 Å². The van der Waals surface area contributed by atoms with Gasteiger partial charge in [-0.2, -0.15) is 0 Å². The molecule has 0 aliphatic heterocycles. The van der Waals surface area contributed by atoms with Gasteiger partial charge in [0.1, 0.15) is 0 Å². The van der Waals surface area contributed by atoms with Crippen molar-refractivity contribution in [1.82, 2.24) is 4.90 Å². The Hall–Kier alpha value is -1.35. The molecule has 1 atom stereocenters. The number of aryl methyl sites for hydroxylation is 1. The second kappa shape index (κ2) is 5.96. The van der Waals surface area contributed by atoms with Gasteiger partial charge in [0.2, 0.25) is 5.91 Å². The molecular formula is C17H26N2O. The quantitative estimate of drug-likeness (QED) is 0.920. The van der Waals surface area contributed by atoms with Gasteiger partial charge in [-0.3, -0.25) is 4.79 Å². The van der Waals surface area contributed by atoms with Crippen LogP contribution in [-0.2, 0) is 4.79 Å². The molecule has 0 aromatic heterocycles. The van der Waals surface area contributed by atoms with Gasteiger partial charge in [-0.05, 0) is 32.3 Å². The van der Waals surface area contributed by atoms with E-state index in [1.165, 1.54) is 12.0 Å². The summed E-state index contributed by atoms with van der Waals surface area (Å²) in [6, 6.07) is 8.42. The highest BCUT2D eigenvalue weighted by molar-refractivity contribution is 5.86. The molecule has 1 aliphatic rings. The van der Waals surface area contributed by atoms with Crippen molar-refractivity contribution < 1.29 is 4.79 Å². The van der Waals surface area contributed by atoms with Gasteiger partial charge < -0.3 is 10.6 Å². The summed E-state index contributed by atoms with van der Waals surface area (Å²) in [6.45, 7) is 4.13. The van der Waals surface area contributed by atoms with Gasteiger partial charge in [-0.1, -0.05) is 49.1 Å². The summed E-state index contributed by atoms with van der Waals surface area (Å²) in [6.07, 6.45) is 4.96. The molecule has 2 N–H and O–H groups in total. The van der Waals surface area contributed by atoms with E-state index >= 15 is 0 Å². The Morgan fingerprint density at radius 2 is 1.75 bits per heavy atom. The fraction of sp³-hybridized carbons (Fsp3) is 0.588. The topological polar surface area (TPSA) is 46.3 Å². The Labute approximate surface area is 122 Å². The molecule has 0 radical (unpaired) electrons. The molecule has 1 saturated carbocycles. The van der Waals surface area contributed by atoms with Crippen molar-refractivity contribution in [1.29, 1.82) is 0 Å². The van der Waals surface area contributed by atoms with Gasteiger partial charge in [-0.15, -0.1) is 0 Å². The predicted octanol–water partition coefficient (Wildman–Crippen LogP) is 3.18. The van der Waals surface area contributed by atoms with Crippen LogP contribution in [-0.4, -0.2) is 23.4 Å². The van der Waals surface area contributed by atoms with Gasteiger partial charge >= 0.3 is 0 Å². The first-order valence-electron chi connectivity index (χ1n) is 7.57. The summed E-state index contributed by atoms with van der Waals surface area (Å²) in [5, 5.41) is 0. The number of hydrogen-bond acceptors (Lipinski definition) is 2. The average molecular weight is 274 g/mol. The number of hydrogen-bond donors (Lipinski definition) is 1. The van der Waals surface area contributed by atoms with Crippen LogP contribution in [0.1, 0.15) is 56.2 Å². The molecule has 0 heterocycles. The van der Waals surface area contributed by atoms with Crippen molar-refractivity contribution in [2.75, 3.05) is 7.05 Å². The average Bonchev–Trinajstić information content (AvgIpc) is 2.46. The number of carbonyl (C=O) groups is 1. The highest BCUT2D eigenvalue weighted by Gasteiger charge is 2.38. The highest BCUT2D eigenvalue weighted by Crippen LogP contribution is 2.30. The zero-order valence-corrected chi connectivity index (χ0v) is 12.9. The Kier molecular flexibility index (Phi) is 4.48. The highest BCUT2D eigenvalue weighted by atomic mass is 16.2. The van der Waals surface area contributed by atoms with Gasteiger partial charge in [0.25, 0.3) is 0 Å². The third kappa shape index (κ3) is 3.04. The first-order valence-corrected chi connectivity index (χ1v) is 7.57. The van der Waals surface area contributed by atoms with Crippen LogP contribution >= 0.6 is 0 Å². The summed E-state index contributed by atoms with van der Waals surface area (Å²) in [5.74, 6) is 0.0882. The van der Waals surface area contributed by atoms with E-state index in [4.69, 9.17) is 5.73 Å². The monoisotopic (exact) mass is 274 g/mol. The van der Waals surface area contributed by atoms with Gasteiger partial charge in [0.05, 0.1) is 11.6 Å². The van der Waals surface area contributed by atoms with Crippen LogP contribution in [0.5, 0.6) is 0 Å². The van der Waals surface area contributed by atoms with E-state index in [1.807, 2.05) is 11.9 Å². The van der Waals surface area contributed by atoms with Crippen LogP contribution in [0.4, 0.5) is 0 Å². The van der Waals surface area contributed by atoms with E-state index in [0.29, 0.717) is 0 Å². The van der Waals surface area contributed by atoms with Gasteiger partial charge in [0, 0.05) is 7.05 Å². The van der Waals surface area contributed by atoms with E-state index in [2.05, 4.69) is 38.1 Å². The number of amides is 1. The van der Waals surface area contributed by atoms with Gasteiger partial charge in [0.15, 0.2) is 0 Å². The second-order valence-electron chi connectivity index (χ2n) is 6.22. The van der Waals surface area contributed by atoms with Crippen LogP contribution in [0.15, 0.2) is 24.3 Å². The first-order chi connectivity index (χ1) is 9.44. The molecule has 1 aliphatic carbocycles. The number of benzene rings is 1. The largest absolute Gasteiger partial charge is 0.337 e. The fourth-order valence-electron chi connectivity index (χ4n) is 2.99. The molecule has 0 spiro atoms. The Bertz CT molecular complexity index is 460. The van der Waals surface area contributed by atoms with E-state index in [0.717, 1.165) is 31.2 Å². The van der Waals surface area contributed by atoms with Crippen LogP contribution in [0.2, 0.25) is 0 Å². The number of likely N-dealkylation sites (N-methyl/N-ethyl adjacent to an activating group) is 1. The van der Waals surface area contributed by atoms with E-state index < -0.39 is 5.54 Å². The van der Waals surface area contributed by atoms with Crippen molar-refractivity contribution in [3.05, 3.63) is 35.4 Å². The Balaban J connectivity index is 2.11. The molecule has 1 unspecified atom stereocenters. The third-order valence-corrected chi connectivity index (χ3v) is 4.63. The van der Waals surface area contributed by atoms with Crippen LogP contribution in [0.3, 0.4) is 0 Å². The molecule has 110 valence electrons. The standard InChI is InChI=1S/C17H26N2O/c1-13-7-9-15(10-8-13)14(2)19(3)16(20)17(18)11-5-4-6-12-17/h7-10,14H,4-6,11-12,18H2,1-3H3. The second-order valence-corrected chi connectivity index (χ2v) is 6.22. The number of nitrogens with two attached hydrogens (primary N) is 1. The maximum atomic E-state index is 12.7. The van der Waals surface area contributed by atoms with Crippen molar-refractivity contribution in [2.45, 2.75) is 57.5 Å². The lowest BCUT2D eigenvalue weighted by Gasteiger charge is -2.37. The summed E-state index contributed by atoms with van der Waals surface area (Å²) in [4.78, 5) is 14.5. The minimum Gasteiger partial charge on any atom is -0.337 e. The van der Waals surface area contributed by atoms with E-state index in [1.54, 1.807) is 0 Å². The summed E-state index contributed by atoms with van der Waals surface area (Å²) < 4.78 is 0. The van der Waals surface area contributed by atoms with Crippen LogP contribution in [0.25, 0.3) is 0 Å². The number of nitrogens with zero attached hydrogens (tertiary/aromatic N) is 1. The maximum Gasteiger partial charge on any atom is 0.242 e. The molecule has 20 heavy (non-hydrogen) atoms. The van der Waals surface area contributed by atoms with E-state index in [-0.39, 0.29) is 11.9 Å². The smallest absolute Gasteiger partial charge is 0.242 e. The Morgan fingerprint density at radius 1 is 1.20 bits per heavy atom. The molecule has 3 heteroatoms. The minimum atomic E-state index is -0.647. The predicted molar refractivity (Wildman–Crippen MR) is 82.4 cm³/mol. The SMILES string of the molecule is Cc1ccc(C(C)N(C)C(=O)C2(N)CCCCC2)cc1. The lowest BCUT2D eigenvalue weighted by atomic mass is 9.81. The lowest BCUT2D eigenvalue weighted by Crippen LogP contribution is -2.55. The number of carbonyl (C=O) groups excluding carboxylic acids is 1. The fourth-order valence-corrected chi connectivity index (χ4v) is 2.99.